The Morgan fingerprint density at radius 3 is 2.94 bits per heavy atom. The van der Waals surface area contributed by atoms with Crippen molar-refractivity contribution >= 4 is 34.2 Å². The average Bonchev–Trinajstić information content (AvgIpc) is 2.65. The van der Waals surface area contributed by atoms with E-state index < -0.39 is 0 Å². The second-order valence-electron chi connectivity index (χ2n) is 4.35. The van der Waals surface area contributed by atoms with Gasteiger partial charge in [0, 0.05) is 23.5 Å². The lowest BCUT2D eigenvalue weighted by molar-refractivity contribution is 0.0916. The summed E-state index contributed by atoms with van der Waals surface area (Å²) >= 11 is 5.99. The minimum absolute atomic E-state index is 0.104. The summed E-state index contributed by atoms with van der Waals surface area (Å²) < 4.78 is 1.87. The Kier molecular flexibility index (Phi) is 2.41. The Morgan fingerprint density at radius 1 is 1.44 bits per heavy atom. The third-order valence-corrected chi connectivity index (χ3v) is 3.45. The smallest absolute Gasteiger partial charge is 0.268 e. The molecule has 4 nitrogen and oxygen atoms in total. The topological polar surface area (TPSA) is 51.1 Å². The maximum Gasteiger partial charge on any atom is 0.268 e. The number of halogens is 1. The van der Waals surface area contributed by atoms with Gasteiger partial charge in [-0.05, 0) is 19.1 Å². The number of hydrogen-bond donors (Lipinski definition) is 1. The number of hydrogen-bond acceptors (Lipinski definition) is 2. The van der Waals surface area contributed by atoms with Crippen molar-refractivity contribution in [2.45, 2.75) is 13.5 Å². The molecule has 2 aromatic rings. The minimum Gasteiger partial charge on any atom is -0.349 e. The maximum absolute atomic E-state index is 11.9. The first-order valence-electron chi connectivity index (χ1n) is 5.70. The van der Waals surface area contributed by atoms with Crippen molar-refractivity contribution in [2.75, 3.05) is 6.54 Å². The largest absolute Gasteiger partial charge is 0.349 e. The predicted molar refractivity (Wildman–Crippen MR) is 69.3 cm³/mol. The van der Waals surface area contributed by atoms with E-state index in [2.05, 4.69) is 5.32 Å². The number of benzene rings is 1. The molecule has 0 unspecified atom stereocenters. The molecule has 1 aromatic heterocycles. The summed E-state index contributed by atoms with van der Waals surface area (Å²) in [5.74, 6) is -0.299. The average molecular weight is 263 g/mol. The third-order valence-electron chi connectivity index (χ3n) is 3.21. The van der Waals surface area contributed by atoms with Crippen molar-refractivity contribution in [2.24, 2.45) is 0 Å². The quantitative estimate of drug-likeness (QED) is 0.802. The van der Waals surface area contributed by atoms with Crippen molar-refractivity contribution in [3.8, 4) is 0 Å². The van der Waals surface area contributed by atoms with E-state index in [1.54, 1.807) is 18.2 Å². The van der Waals surface area contributed by atoms with Gasteiger partial charge in [-0.15, -0.1) is 0 Å². The van der Waals surface area contributed by atoms with E-state index in [1.165, 1.54) is 6.92 Å². The first-order valence-corrected chi connectivity index (χ1v) is 6.08. The normalized spacial score (nSPS) is 14.4. The number of fused-ring (bicyclic) bond motifs is 3. The van der Waals surface area contributed by atoms with Gasteiger partial charge in [0.1, 0.15) is 5.69 Å². The molecule has 0 spiro atoms. The number of Topliss-reactive ketones (excluding diaryl/α,β-unsaturated/α-hetero) is 1. The number of ketones is 1. The molecule has 0 saturated carbocycles. The Bertz CT molecular complexity index is 688. The number of nitrogens with zero attached hydrogens (tertiary/aromatic N) is 1. The molecule has 5 heteroatoms. The van der Waals surface area contributed by atoms with Gasteiger partial charge in [-0.25, -0.2) is 0 Å². The highest BCUT2D eigenvalue weighted by atomic mass is 35.5. The van der Waals surface area contributed by atoms with E-state index in [0.29, 0.717) is 29.4 Å². The van der Waals surface area contributed by atoms with E-state index in [4.69, 9.17) is 11.6 Å². The molecule has 0 aliphatic carbocycles. The van der Waals surface area contributed by atoms with E-state index in [1.807, 2.05) is 4.57 Å². The molecule has 1 aliphatic heterocycles. The van der Waals surface area contributed by atoms with Crippen LogP contribution in [-0.4, -0.2) is 22.8 Å². The fourth-order valence-electron chi connectivity index (χ4n) is 2.51. The van der Waals surface area contributed by atoms with Gasteiger partial charge < -0.3 is 9.88 Å². The SMILES string of the molecule is CC(=O)c1c2n(c3cc(Cl)ccc13)CCNC2=O. The van der Waals surface area contributed by atoms with Gasteiger partial charge in [0.05, 0.1) is 11.1 Å². The van der Waals surface area contributed by atoms with Gasteiger partial charge in [-0.1, -0.05) is 17.7 Å². The van der Waals surface area contributed by atoms with Crippen LogP contribution >= 0.6 is 11.6 Å². The Morgan fingerprint density at radius 2 is 2.22 bits per heavy atom. The molecule has 0 radical (unpaired) electrons. The lowest BCUT2D eigenvalue weighted by atomic mass is 10.1. The summed E-state index contributed by atoms with van der Waals surface area (Å²) in [5, 5.41) is 4.16. The zero-order valence-electron chi connectivity index (χ0n) is 9.79. The van der Waals surface area contributed by atoms with Gasteiger partial charge in [0.15, 0.2) is 5.78 Å². The van der Waals surface area contributed by atoms with Crippen LogP contribution in [0.15, 0.2) is 18.2 Å². The zero-order valence-corrected chi connectivity index (χ0v) is 10.5. The molecule has 0 saturated heterocycles. The molecule has 0 bridgehead atoms. The van der Waals surface area contributed by atoms with Crippen molar-refractivity contribution in [3.05, 3.63) is 34.5 Å². The van der Waals surface area contributed by atoms with Crippen LogP contribution in [0.5, 0.6) is 0 Å². The number of amides is 1. The Hall–Kier alpha value is -1.81. The van der Waals surface area contributed by atoms with Crippen LogP contribution in [-0.2, 0) is 6.54 Å². The molecular formula is C13H11ClN2O2. The molecule has 18 heavy (non-hydrogen) atoms. The Balaban J connectivity index is 2.47. The van der Waals surface area contributed by atoms with Gasteiger partial charge in [0.2, 0.25) is 0 Å². The fraction of sp³-hybridized carbons (Fsp3) is 0.231. The van der Waals surface area contributed by atoms with E-state index in [0.717, 1.165) is 10.9 Å². The summed E-state index contributed by atoms with van der Waals surface area (Å²) in [4.78, 5) is 23.7. The number of carbonyl (C=O) groups excluding carboxylic acids is 2. The van der Waals surface area contributed by atoms with Gasteiger partial charge >= 0.3 is 0 Å². The molecule has 2 heterocycles. The summed E-state index contributed by atoms with van der Waals surface area (Å²) in [6.07, 6.45) is 0. The first-order chi connectivity index (χ1) is 8.59. The molecule has 1 N–H and O–H groups in total. The second-order valence-corrected chi connectivity index (χ2v) is 4.79. The summed E-state index contributed by atoms with van der Waals surface area (Å²) in [5.41, 5.74) is 1.78. The summed E-state index contributed by atoms with van der Waals surface area (Å²) in [6, 6.07) is 5.33. The highest BCUT2D eigenvalue weighted by Gasteiger charge is 2.27. The van der Waals surface area contributed by atoms with Crippen molar-refractivity contribution < 1.29 is 9.59 Å². The van der Waals surface area contributed by atoms with E-state index in [-0.39, 0.29) is 11.7 Å². The molecule has 1 aliphatic rings. The van der Waals surface area contributed by atoms with E-state index >= 15 is 0 Å². The van der Waals surface area contributed by atoms with Gasteiger partial charge in [0.25, 0.3) is 5.91 Å². The van der Waals surface area contributed by atoms with Crippen molar-refractivity contribution in [3.63, 3.8) is 0 Å². The highest BCUT2D eigenvalue weighted by Crippen LogP contribution is 2.30. The van der Waals surface area contributed by atoms with Crippen LogP contribution in [0.1, 0.15) is 27.8 Å². The summed E-state index contributed by atoms with van der Waals surface area (Å²) in [6.45, 7) is 2.71. The standard InChI is InChI=1S/C13H11ClN2O2/c1-7(17)11-9-3-2-8(14)6-10(9)16-5-4-15-13(18)12(11)16/h2-3,6H,4-5H2,1H3,(H,15,18). The molecular weight excluding hydrogens is 252 g/mol. The van der Waals surface area contributed by atoms with Crippen LogP contribution in [0.25, 0.3) is 10.9 Å². The lowest BCUT2D eigenvalue weighted by Crippen LogP contribution is -2.36. The van der Waals surface area contributed by atoms with Crippen molar-refractivity contribution in [1.82, 2.24) is 9.88 Å². The van der Waals surface area contributed by atoms with Crippen LogP contribution in [0.3, 0.4) is 0 Å². The molecule has 92 valence electrons. The van der Waals surface area contributed by atoms with E-state index in [9.17, 15) is 9.59 Å². The molecule has 1 aromatic carbocycles. The number of aromatic nitrogens is 1. The van der Waals surface area contributed by atoms with Crippen molar-refractivity contribution in [1.29, 1.82) is 0 Å². The number of carbonyl (C=O) groups is 2. The first kappa shape index (κ1) is 11.3. The predicted octanol–water partition coefficient (Wildman–Crippen LogP) is 2.24. The zero-order chi connectivity index (χ0) is 12.9. The lowest BCUT2D eigenvalue weighted by Gasteiger charge is -2.17. The minimum atomic E-state index is -0.196. The van der Waals surface area contributed by atoms with Crippen LogP contribution in [0, 0.1) is 0 Å². The number of nitrogens with one attached hydrogen (secondary N) is 1. The monoisotopic (exact) mass is 262 g/mol. The third kappa shape index (κ3) is 1.46. The van der Waals surface area contributed by atoms with Gasteiger partial charge in [-0.2, -0.15) is 0 Å². The van der Waals surface area contributed by atoms with Crippen LogP contribution < -0.4 is 5.32 Å². The molecule has 0 atom stereocenters. The fourth-order valence-corrected chi connectivity index (χ4v) is 2.68. The summed E-state index contributed by atoms with van der Waals surface area (Å²) in [7, 11) is 0. The van der Waals surface area contributed by atoms with Gasteiger partial charge in [-0.3, -0.25) is 9.59 Å². The Labute approximate surface area is 109 Å². The van der Waals surface area contributed by atoms with Crippen LogP contribution in [0.2, 0.25) is 5.02 Å². The maximum atomic E-state index is 11.9. The highest BCUT2D eigenvalue weighted by molar-refractivity contribution is 6.31. The molecule has 3 rings (SSSR count). The van der Waals surface area contributed by atoms with Crippen LogP contribution in [0.4, 0.5) is 0 Å². The number of rotatable bonds is 1. The second kappa shape index (κ2) is 3.85. The molecule has 1 amide bonds. The molecule has 0 fully saturated rings.